The topological polar surface area (TPSA) is 42.4 Å². The lowest BCUT2D eigenvalue weighted by atomic mass is 10.0. The zero-order valence-electron chi connectivity index (χ0n) is 12.2. The summed E-state index contributed by atoms with van der Waals surface area (Å²) in [6, 6.07) is 5.12. The highest BCUT2D eigenvalue weighted by Crippen LogP contribution is 2.29. The second-order valence-electron chi connectivity index (χ2n) is 4.94. The number of hydrogen-bond acceptors (Lipinski definition) is 3. The molecule has 0 aliphatic rings. The highest BCUT2D eigenvalue weighted by Gasteiger charge is 2.15. The van der Waals surface area contributed by atoms with E-state index in [9.17, 15) is 5.11 Å². The summed E-state index contributed by atoms with van der Waals surface area (Å²) in [6.45, 7) is 3.88. The smallest absolute Gasteiger partial charge is 0.128 e. The van der Waals surface area contributed by atoms with E-state index < -0.39 is 6.10 Å². The minimum Gasteiger partial charge on any atom is -0.496 e. The lowest BCUT2D eigenvalue weighted by Gasteiger charge is -2.16. The van der Waals surface area contributed by atoms with E-state index in [4.69, 9.17) is 27.9 Å². The molecule has 1 aromatic heterocycles. The molecule has 1 unspecified atom stereocenters. The Morgan fingerprint density at radius 2 is 1.95 bits per heavy atom. The summed E-state index contributed by atoms with van der Waals surface area (Å²) in [7, 11) is 1.63. The van der Waals surface area contributed by atoms with E-state index in [0.717, 1.165) is 22.6 Å². The molecular weight excluding hydrogens is 309 g/mol. The van der Waals surface area contributed by atoms with Crippen molar-refractivity contribution in [3.8, 4) is 5.75 Å². The van der Waals surface area contributed by atoms with Crippen LogP contribution in [0.15, 0.2) is 24.4 Å². The van der Waals surface area contributed by atoms with Crippen LogP contribution in [0.4, 0.5) is 0 Å². The number of aliphatic hydroxyl groups excluding tert-OH is 1. The quantitative estimate of drug-likeness (QED) is 0.911. The van der Waals surface area contributed by atoms with Crippen molar-refractivity contribution in [2.75, 3.05) is 7.11 Å². The number of aliphatic hydroxyl groups is 1. The zero-order chi connectivity index (χ0) is 15.6. The van der Waals surface area contributed by atoms with E-state index in [1.165, 1.54) is 0 Å². The molecule has 3 nitrogen and oxygen atoms in total. The molecule has 1 atom stereocenters. The lowest BCUT2D eigenvalue weighted by Crippen LogP contribution is -2.07. The number of rotatable bonds is 4. The number of aryl methyl sites for hydroxylation is 1. The fraction of sp³-hybridized carbons (Fsp3) is 0.312. The van der Waals surface area contributed by atoms with Gasteiger partial charge in [-0.1, -0.05) is 29.3 Å². The third-order valence-corrected chi connectivity index (χ3v) is 4.20. The van der Waals surface area contributed by atoms with Crippen LogP contribution in [0.5, 0.6) is 5.75 Å². The van der Waals surface area contributed by atoms with Gasteiger partial charge in [-0.25, -0.2) is 0 Å². The first-order valence-electron chi connectivity index (χ1n) is 6.56. The van der Waals surface area contributed by atoms with Gasteiger partial charge in [-0.15, -0.1) is 0 Å². The Hall–Kier alpha value is -1.29. The summed E-state index contributed by atoms with van der Waals surface area (Å²) in [5, 5.41) is 11.3. The first kappa shape index (κ1) is 16.1. The number of pyridine rings is 1. The Morgan fingerprint density at radius 1 is 1.24 bits per heavy atom. The van der Waals surface area contributed by atoms with Gasteiger partial charge in [-0.05, 0) is 31.5 Å². The first-order valence-corrected chi connectivity index (χ1v) is 7.31. The fourth-order valence-corrected chi connectivity index (χ4v) is 2.60. The van der Waals surface area contributed by atoms with Crippen LogP contribution in [0.2, 0.25) is 10.0 Å². The molecule has 0 fully saturated rings. The van der Waals surface area contributed by atoms with Gasteiger partial charge in [-0.2, -0.15) is 0 Å². The molecule has 0 saturated carbocycles. The predicted molar refractivity (Wildman–Crippen MR) is 85.4 cm³/mol. The van der Waals surface area contributed by atoms with Crippen molar-refractivity contribution in [1.82, 2.24) is 4.98 Å². The van der Waals surface area contributed by atoms with Gasteiger partial charge in [0, 0.05) is 29.4 Å². The summed E-state index contributed by atoms with van der Waals surface area (Å²) in [4.78, 5) is 4.39. The maximum absolute atomic E-state index is 10.4. The Balaban J connectivity index is 2.27. The summed E-state index contributed by atoms with van der Waals surface area (Å²) >= 11 is 11.9. The van der Waals surface area contributed by atoms with Crippen LogP contribution in [0.1, 0.15) is 28.5 Å². The van der Waals surface area contributed by atoms with Crippen LogP contribution in [0, 0.1) is 13.8 Å². The van der Waals surface area contributed by atoms with Crippen LogP contribution in [-0.2, 0) is 6.42 Å². The van der Waals surface area contributed by atoms with E-state index >= 15 is 0 Å². The van der Waals surface area contributed by atoms with Gasteiger partial charge in [0.25, 0.3) is 0 Å². The van der Waals surface area contributed by atoms with Crippen molar-refractivity contribution in [1.29, 1.82) is 0 Å². The molecule has 21 heavy (non-hydrogen) atoms. The molecule has 1 N–H and O–H groups in total. The van der Waals surface area contributed by atoms with Crippen molar-refractivity contribution in [2.24, 2.45) is 0 Å². The van der Waals surface area contributed by atoms with Crippen LogP contribution in [0.25, 0.3) is 0 Å². The van der Waals surface area contributed by atoms with Crippen LogP contribution in [-0.4, -0.2) is 17.2 Å². The number of benzene rings is 1. The molecule has 0 aliphatic heterocycles. The highest BCUT2D eigenvalue weighted by molar-refractivity contribution is 6.42. The minimum atomic E-state index is -0.696. The fourth-order valence-electron chi connectivity index (χ4n) is 2.30. The molecule has 0 saturated heterocycles. The predicted octanol–water partition coefficient (Wildman–Crippen LogP) is 4.29. The van der Waals surface area contributed by atoms with Crippen LogP contribution >= 0.6 is 23.2 Å². The van der Waals surface area contributed by atoms with Gasteiger partial charge in [0.1, 0.15) is 5.75 Å². The molecule has 2 aromatic rings. The maximum atomic E-state index is 10.4. The highest BCUT2D eigenvalue weighted by atomic mass is 35.5. The number of halogens is 2. The molecule has 0 amide bonds. The normalized spacial score (nSPS) is 12.3. The summed E-state index contributed by atoms with van der Waals surface area (Å²) < 4.78 is 5.38. The second kappa shape index (κ2) is 6.65. The largest absolute Gasteiger partial charge is 0.496 e. The third kappa shape index (κ3) is 3.49. The second-order valence-corrected chi connectivity index (χ2v) is 5.75. The molecule has 112 valence electrons. The van der Waals surface area contributed by atoms with E-state index in [0.29, 0.717) is 22.0 Å². The Labute approximate surface area is 134 Å². The number of ether oxygens (including phenoxy) is 1. The Kier molecular flexibility index (Phi) is 5.09. The standard InChI is InChI=1S/C16H17Cl2NO2/c1-9-8-19-14(10(2)16(9)21-3)7-15(20)11-4-5-12(17)13(18)6-11/h4-6,8,15,20H,7H2,1-3H3. The molecule has 0 aliphatic carbocycles. The van der Waals surface area contributed by atoms with Gasteiger partial charge in [0.05, 0.1) is 23.3 Å². The zero-order valence-corrected chi connectivity index (χ0v) is 13.7. The molecule has 1 heterocycles. The maximum Gasteiger partial charge on any atom is 0.128 e. The number of nitrogens with zero attached hydrogens (tertiary/aromatic N) is 1. The molecule has 0 bridgehead atoms. The van der Waals surface area contributed by atoms with Crippen molar-refractivity contribution < 1.29 is 9.84 Å². The number of aromatic nitrogens is 1. The molecule has 1 aromatic carbocycles. The first-order chi connectivity index (χ1) is 9.93. The molecule has 0 spiro atoms. The Morgan fingerprint density at radius 3 is 2.57 bits per heavy atom. The molecule has 0 radical (unpaired) electrons. The van der Waals surface area contributed by atoms with Crippen molar-refractivity contribution in [3.63, 3.8) is 0 Å². The SMILES string of the molecule is COc1c(C)cnc(CC(O)c2ccc(Cl)c(Cl)c2)c1C. The monoisotopic (exact) mass is 325 g/mol. The average molecular weight is 326 g/mol. The third-order valence-electron chi connectivity index (χ3n) is 3.46. The van der Waals surface area contributed by atoms with Crippen molar-refractivity contribution in [3.05, 3.63) is 56.8 Å². The Bertz CT molecular complexity index is 659. The van der Waals surface area contributed by atoms with E-state index in [-0.39, 0.29) is 0 Å². The average Bonchev–Trinajstić information content (AvgIpc) is 2.45. The number of hydrogen-bond donors (Lipinski definition) is 1. The van der Waals surface area contributed by atoms with E-state index in [1.807, 2.05) is 13.8 Å². The summed E-state index contributed by atoms with van der Waals surface area (Å²) in [6.07, 6.45) is 1.45. The molecule has 5 heteroatoms. The van der Waals surface area contributed by atoms with Gasteiger partial charge in [-0.3, -0.25) is 4.98 Å². The van der Waals surface area contributed by atoms with Gasteiger partial charge < -0.3 is 9.84 Å². The lowest BCUT2D eigenvalue weighted by molar-refractivity contribution is 0.177. The van der Waals surface area contributed by atoms with E-state index in [2.05, 4.69) is 4.98 Å². The number of methoxy groups -OCH3 is 1. The van der Waals surface area contributed by atoms with Crippen LogP contribution in [0.3, 0.4) is 0 Å². The van der Waals surface area contributed by atoms with Gasteiger partial charge >= 0.3 is 0 Å². The molecular formula is C16H17Cl2NO2. The van der Waals surface area contributed by atoms with Crippen molar-refractivity contribution >= 4 is 23.2 Å². The molecule has 2 rings (SSSR count). The van der Waals surface area contributed by atoms with Crippen molar-refractivity contribution in [2.45, 2.75) is 26.4 Å². The minimum absolute atomic E-state index is 0.389. The van der Waals surface area contributed by atoms with Gasteiger partial charge in [0.15, 0.2) is 0 Å². The van der Waals surface area contributed by atoms with Gasteiger partial charge in [0.2, 0.25) is 0 Å². The summed E-state index contributed by atoms with van der Waals surface area (Å²) in [5.74, 6) is 0.807. The van der Waals surface area contributed by atoms with Crippen LogP contribution < -0.4 is 4.74 Å². The van der Waals surface area contributed by atoms with E-state index in [1.54, 1.807) is 31.5 Å². The summed E-state index contributed by atoms with van der Waals surface area (Å²) in [5.41, 5.74) is 3.43.